The average Bonchev–Trinajstić information content (AvgIpc) is 2.43. The van der Waals surface area contributed by atoms with Crippen LogP contribution in [0.15, 0.2) is 24.3 Å². The number of anilines is 1. The van der Waals surface area contributed by atoms with E-state index in [9.17, 15) is 9.59 Å². The number of nitrogens with zero attached hydrogens (tertiary/aromatic N) is 3. The lowest BCUT2D eigenvalue weighted by molar-refractivity contribution is -0.144. The maximum atomic E-state index is 11.9. The molecular weight excluding hydrogens is 258 g/mol. The summed E-state index contributed by atoms with van der Waals surface area (Å²) in [6.07, 6.45) is 0. The first-order chi connectivity index (χ1) is 9.67. The van der Waals surface area contributed by atoms with Gasteiger partial charge in [0.2, 0.25) is 11.8 Å². The minimum Gasteiger partial charge on any atom is -0.492 e. The Morgan fingerprint density at radius 3 is 2.50 bits per heavy atom. The quantitative estimate of drug-likeness (QED) is 0.599. The molecule has 0 bridgehead atoms. The summed E-state index contributed by atoms with van der Waals surface area (Å²) in [5.74, 6) is -0.0902. The number of hydrogen-bond donors (Lipinski definition) is 0. The van der Waals surface area contributed by atoms with E-state index in [4.69, 9.17) is 10.00 Å². The first-order valence-corrected chi connectivity index (χ1v) is 6.34. The Morgan fingerprint density at radius 2 is 1.90 bits per heavy atom. The molecule has 1 aliphatic heterocycles. The molecule has 0 spiro atoms. The standard InChI is InChI=1S/C14H15N3O3/c1-2-20-12-6-4-3-5-11(12)16-9-13(18)17(8-7-15)14(19)10-16/h3-6H,2,8-10H2,1H3. The van der Waals surface area contributed by atoms with Gasteiger partial charge in [-0.2, -0.15) is 5.26 Å². The van der Waals surface area contributed by atoms with Gasteiger partial charge in [0, 0.05) is 0 Å². The zero-order valence-electron chi connectivity index (χ0n) is 11.2. The van der Waals surface area contributed by atoms with Crippen LogP contribution in [0.2, 0.25) is 0 Å². The zero-order valence-corrected chi connectivity index (χ0v) is 11.2. The Hall–Kier alpha value is -2.55. The van der Waals surface area contributed by atoms with Crippen molar-refractivity contribution in [1.82, 2.24) is 4.90 Å². The largest absolute Gasteiger partial charge is 0.492 e. The summed E-state index contributed by atoms with van der Waals surface area (Å²) >= 11 is 0. The van der Waals surface area contributed by atoms with E-state index in [0.717, 1.165) is 4.90 Å². The second kappa shape index (κ2) is 6.06. The molecule has 1 fully saturated rings. The normalized spacial score (nSPS) is 15.2. The van der Waals surface area contributed by atoms with E-state index in [0.29, 0.717) is 18.0 Å². The average molecular weight is 273 g/mol. The third-order valence-electron chi connectivity index (χ3n) is 2.99. The molecule has 0 radical (unpaired) electrons. The summed E-state index contributed by atoms with van der Waals surface area (Å²) in [5, 5.41) is 8.62. The molecule has 6 nitrogen and oxygen atoms in total. The van der Waals surface area contributed by atoms with Crippen molar-refractivity contribution in [2.75, 3.05) is 31.1 Å². The van der Waals surface area contributed by atoms with Gasteiger partial charge in [0.25, 0.3) is 0 Å². The van der Waals surface area contributed by atoms with Gasteiger partial charge >= 0.3 is 0 Å². The third-order valence-corrected chi connectivity index (χ3v) is 2.99. The van der Waals surface area contributed by atoms with Crippen molar-refractivity contribution in [3.8, 4) is 11.8 Å². The number of rotatable bonds is 4. The van der Waals surface area contributed by atoms with E-state index in [1.165, 1.54) is 0 Å². The third kappa shape index (κ3) is 2.72. The van der Waals surface area contributed by atoms with Crippen molar-refractivity contribution >= 4 is 17.5 Å². The molecule has 1 heterocycles. The summed E-state index contributed by atoms with van der Waals surface area (Å²) in [4.78, 5) is 26.5. The van der Waals surface area contributed by atoms with Gasteiger partial charge in [0.05, 0.1) is 31.5 Å². The number of carbonyl (C=O) groups excluding carboxylic acids is 2. The summed E-state index contributed by atoms with van der Waals surface area (Å²) < 4.78 is 5.50. The van der Waals surface area contributed by atoms with E-state index in [2.05, 4.69) is 0 Å². The highest BCUT2D eigenvalue weighted by molar-refractivity contribution is 6.03. The fourth-order valence-corrected chi connectivity index (χ4v) is 2.11. The van der Waals surface area contributed by atoms with Crippen molar-refractivity contribution in [2.24, 2.45) is 0 Å². The Bertz CT molecular complexity index is 547. The molecule has 2 rings (SSSR count). The van der Waals surface area contributed by atoms with Crippen LogP contribution in [0.3, 0.4) is 0 Å². The summed E-state index contributed by atoms with van der Waals surface area (Å²) in [7, 11) is 0. The Balaban J connectivity index is 2.22. The molecule has 1 saturated heterocycles. The molecule has 0 aliphatic carbocycles. The van der Waals surface area contributed by atoms with Crippen LogP contribution in [-0.4, -0.2) is 43.0 Å². The van der Waals surface area contributed by atoms with Crippen molar-refractivity contribution in [1.29, 1.82) is 5.26 Å². The lowest BCUT2D eigenvalue weighted by Gasteiger charge is -2.33. The SMILES string of the molecule is CCOc1ccccc1N1CC(=O)N(CC#N)C(=O)C1. The van der Waals surface area contributed by atoms with Gasteiger partial charge in [-0.05, 0) is 19.1 Å². The summed E-state index contributed by atoms with van der Waals surface area (Å²) in [5.41, 5.74) is 0.715. The first-order valence-electron chi connectivity index (χ1n) is 6.34. The fraction of sp³-hybridized carbons (Fsp3) is 0.357. The van der Waals surface area contributed by atoms with Crippen LogP contribution in [0.1, 0.15) is 6.92 Å². The molecule has 1 aromatic carbocycles. The van der Waals surface area contributed by atoms with Crippen LogP contribution in [0.25, 0.3) is 0 Å². The molecule has 0 unspecified atom stereocenters. The second-order valence-electron chi connectivity index (χ2n) is 4.29. The van der Waals surface area contributed by atoms with Gasteiger partial charge in [0.1, 0.15) is 12.3 Å². The van der Waals surface area contributed by atoms with E-state index in [1.807, 2.05) is 31.2 Å². The Labute approximate surface area is 117 Å². The van der Waals surface area contributed by atoms with E-state index < -0.39 is 0 Å². The lowest BCUT2D eigenvalue weighted by atomic mass is 10.2. The van der Waals surface area contributed by atoms with Crippen molar-refractivity contribution in [3.63, 3.8) is 0 Å². The van der Waals surface area contributed by atoms with Gasteiger partial charge < -0.3 is 9.64 Å². The van der Waals surface area contributed by atoms with Crippen LogP contribution in [0, 0.1) is 11.3 Å². The fourth-order valence-electron chi connectivity index (χ4n) is 2.11. The minimum absolute atomic E-state index is 0.0670. The highest BCUT2D eigenvalue weighted by Crippen LogP contribution is 2.29. The smallest absolute Gasteiger partial charge is 0.249 e. The van der Waals surface area contributed by atoms with Gasteiger partial charge in [-0.15, -0.1) is 0 Å². The van der Waals surface area contributed by atoms with Crippen LogP contribution >= 0.6 is 0 Å². The summed E-state index contributed by atoms with van der Waals surface area (Å²) in [6, 6.07) is 9.10. The summed E-state index contributed by atoms with van der Waals surface area (Å²) in [6.45, 7) is 2.32. The lowest BCUT2D eigenvalue weighted by Crippen LogP contribution is -2.54. The Kier molecular flexibility index (Phi) is 4.20. The Morgan fingerprint density at radius 1 is 1.25 bits per heavy atom. The molecule has 104 valence electrons. The molecule has 0 atom stereocenters. The van der Waals surface area contributed by atoms with Gasteiger partial charge in [-0.1, -0.05) is 12.1 Å². The van der Waals surface area contributed by atoms with Crippen molar-refractivity contribution < 1.29 is 14.3 Å². The molecule has 1 aliphatic rings. The maximum Gasteiger partial charge on any atom is 0.249 e. The zero-order chi connectivity index (χ0) is 14.5. The predicted molar refractivity (Wildman–Crippen MR) is 72.2 cm³/mol. The highest BCUT2D eigenvalue weighted by atomic mass is 16.5. The van der Waals surface area contributed by atoms with Gasteiger partial charge in [-0.25, -0.2) is 0 Å². The van der Waals surface area contributed by atoms with Gasteiger partial charge in [0.15, 0.2) is 0 Å². The minimum atomic E-state index is -0.367. The highest BCUT2D eigenvalue weighted by Gasteiger charge is 2.31. The monoisotopic (exact) mass is 273 g/mol. The van der Waals surface area contributed by atoms with Crippen LogP contribution in [0.5, 0.6) is 5.75 Å². The van der Waals surface area contributed by atoms with Crippen LogP contribution in [-0.2, 0) is 9.59 Å². The second-order valence-corrected chi connectivity index (χ2v) is 4.29. The number of imide groups is 1. The van der Waals surface area contributed by atoms with Crippen LogP contribution in [0.4, 0.5) is 5.69 Å². The molecule has 0 N–H and O–H groups in total. The number of hydrogen-bond acceptors (Lipinski definition) is 5. The number of nitriles is 1. The van der Waals surface area contributed by atoms with Gasteiger partial charge in [-0.3, -0.25) is 14.5 Å². The van der Waals surface area contributed by atoms with E-state index in [1.54, 1.807) is 11.0 Å². The number of carbonyl (C=O) groups is 2. The first kappa shape index (κ1) is 13.9. The van der Waals surface area contributed by atoms with Crippen molar-refractivity contribution in [3.05, 3.63) is 24.3 Å². The van der Waals surface area contributed by atoms with Crippen molar-refractivity contribution in [2.45, 2.75) is 6.92 Å². The number of amides is 2. The number of para-hydroxylation sites is 2. The molecule has 1 aromatic rings. The van der Waals surface area contributed by atoms with Crippen LogP contribution < -0.4 is 9.64 Å². The predicted octanol–water partition coefficient (Wildman–Crippen LogP) is 0.784. The topological polar surface area (TPSA) is 73.6 Å². The maximum absolute atomic E-state index is 11.9. The molecule has 6 heteroatoms. The number of benzene rings is 1. The number of piperazine rings is 1. The van der Waals surface area contributed by atoms with E-state index in [-0.39, 0.29) is 31.4 Å². The molecule has 20 heavy (non-hydrogen) atoms. The molecule has 0 aromatic heterocycles. The van der Waals surface area contributed by atoms with E-state index >= 15 is 0 Å². The number of ether oxygens (including phenoxy) is 1. The molecule has 0 saturated carbocycles. The molecule has 2 amide bonds. The molecular formula is C14H15N3O3.